The maximum atomic E-state index is 12.8. The van der Waals surface area contributed by atoms with Gasteiger partial charge in [0, 0.05) is 0 Å². The van der Waals surface area contributed by atoms with E-state index in [2.05, 4.69) is 4.74 Å². The fourth-order valence-electron chi connectivity index (χ4n) is 1.41. The molecule has 1 aromatic rings. The first-order valence-electron chi connectivity index (χ1n) is 4.37. The van der Waals surface area contributed by atoms with Crippen LogP contribution in [0.1, 0.15) is 11.1 Å². The predicted molar refractivity (Wildman–Crippen MR) is 50.5 cm³/mol. The standard InChI is InChI=1S/C10H11F3O3/c1-15-7-4-3-6(5-14)8(9(7)16-2)10(11,12)13/h3-4,14H,5H2,1-2H3. The average Bonchev–Trinajstić information content (AvgIpc) is 2.25. The number of alkyl halides is 3. The van der Waals surface area contributed by atoms with Crippen molar-refractivity contribution in [3.8, 4) is 11.5 Å². The minimum absolute atomic E-state index is 0.0213. The Morgan fingerprint density at radius 2 is 1.81 bits per heavy atom. The molecule has 0 aliphatic rings. The highest BCUT2D eigenvalue weighted by atomic mass is 19.4. The van der Waals surface area contributed by atoms with Gasteiger partial charge in [-0.1, -0.05) is 6.07 Å². The third kappa shape index (κ3) is 2.21. The summed E-state index contributed by atoms with van der Waals surface area (Å²) in [6, 6.07) is 2.48. The number of aliphatic hydroxyl groups is 1. The second-order valence-corrected chi connectivity index (χ2v) is 2.99. The summed E-state index contributed by atoms with van der Waals surface area (Å²) in [5.41, 5.74) is -1.25. The molecule has 0 unspecified atom stereocenters. The van der Waals surface area contributed by atoms with Crippen LogP contribution in [0.2, 0.25) is 0 Å². The second kappa shape index (κ2) is 4.61. The number of hydrogen-bond acceptors (Lipinski definition) is 3. The minimum atomic E-state index is -4.60. The number of aliphatic hydroxyl groups excluding tert-OH is 1. The van der Waals surface area contributed by atoms with E-state index in [4.69, 9.17) is 9.84 Å². The van der Waals surface area contributed by atoms with Crippen LogP contribution in [0.25, 0.3) is 0 Å². The zero-order chi connectivity index (χ0) is 12.3. The van der Waals surface area contributed by atoms with E-state index in [0.717, 1.165) is 13.2 Å². The fraction of sp³-hybridized carbons (Fsp3) is 0.400. The van der Waals surface area contributed by atoms with Gasteiger partial charge in [-0.2, -0.15) is 13.2 Å². The molecule has 3 nitrogen and oxygen atoms in total. The Morgan fingerprint density at radius 1 is 1.19 bits per heavy atom. The van der Waals surface area contributed by atoms with E-state index in [1.807, 2.05) is 0 Å². The van der Waals surface area contributed by atoms with Gasteiger partial charge in [-0.15, -0.1) is 0 Å². The third-order valence-electron chi connectivity index (χ3n) is 2.09. The van der Waals surface area contributed by atoms with Crippen LogP contribution in [-0.4, -0.2) is 19.3 Å². The van der Waals surface area contributed by atoms with Crippen LogP contribution in [0, 0.1) is 0 Å². The number of halogens is 3. The van der Waals surface area contributed by atoms with Gasteiger partial charge in [0.15, 0.2) is 11.5 Å². The summed E-state index contributed by atoms with van der Waals surface area (Å²) < 4.78 is 47.7. The van der Waals surface area contributed by atoms with Crippen molar-refractivity contribution in [2.24, 2.45) is 0 Å². The van der Waals surface area contributed by atoms with Crippen molar-refractivity contribution in [1.29, 1.82) is 0 Å². The molecule has 0 spiro atoms. The normalized spacial score (nSPS) is 11.4. The average molecular weight is 236 g/mol. The highest BCUT2D eigenvalue weighted by molar-refractivity contribution is 5.52. The molecule has 0 aliphatic heterocycles. The first-order valence-corrected chi connectivity index (χ1v) is 4.37. The number of hydrogen-bond donors (Lipinski definition) is 1. The van der Waals surface area contributed by atoms with Gasteiger partial charge in [-0.3, -0.25) is 0 Å². The largest absolute Gasteiger partial charge is 0.493 e. The monoisotopic (exact) mass is 236 g/mol. The SMILES string of the molecule is COc1ccc(CO)c(C(F)(F)F)c1OC. The molecule has 0 radical (unpaired) electrons. The summed E-state index contributed by atoms with van der Waals surface area (Å²) in [7, 11) is 2.37. The molecule has 0 fully saturated rings. The van der Waals surface area contributed by atoms with E-state index in [1.165, 1.54) is 13.2 Å². The number of ether oxygens (including phenoxy) is 2. The van der Waals surface area contributed by atoms with Gasteiger partial charge in [0.05, 0.1) is 20.8 Å². The third-order valence-corrected chi connectivity index (χ3v) is 2.09. The zero-order valence-corrected chi connectivity index (χ0v) is 8.76. The Bertz CT molecular complexity index is 374. The number of methoxy groups -OCH3 is 2. The molecule has 0 saturated heterocycles. The van der Waals surface area contributed by atoms with Gasteiger partial charge in [0.25, 0.3) is 0 Å². The first-order chi connectivity index (χ1) is 7.45. The van der Waals surface area contributed by atoms with Gasteiger partial charge < -0.3 is 14.6 Å². The van der Waals surface area contributed by atoms with E-state index >= 15 is 0 Å². The van der Waals surface area contributed by atoms with Crippen LogP contribution in [0.3, 0.4) is 0 Å². The molecule has 1 N–H and O–H groups in total. The molecule has 1 aromatic carbocycles. The van der Waals surface area contributed by atoms with E-state index in [-0.39, 0.29) is 11.3 Å². The highest BCUT2D eigenvalue weighted by Crippen LogP contribution is 2.43. The molecule has 0 aromatic heterocycles. The predicted octanol–water partition coefficient (Wildman–Crippen LogP) is 2.21. The van der Waals surface area contributed by atoms with Gasteiger partial charge in [-0.25, -0.2) is 0 Å². The Kier molecular flexibility index (Phi) is 3.64. The van der Waals surface area contributed by atoms with Gasteiger partial charge in [0.1, 0.15) is 5.56 Å². The topological polar surface area (TPSA) is 38.7 Å². The molecule has 90 valence electrons. The lowest BCUT2D eigenvalue weighted by Gasteiger charge is -2.17. The molecule has 0 bridgehead atoms. The van der Waals surface area contributed by atoms with Crippen molar-refractivity contribution in [3.63, 3.8) is 0 Å². The van der Waals surface area contributed by atoms with Crippen LogP contribution >= 0.6 is 0 Å². The van der Waals surface area contributed by atoms with Crippen molar-refractivity contribution in [2.75, 3.05) is 14.2 Å². The van der Waals surface area contributed by atoms with Crippen LogP contribution in [0.15, 0.2) is 12.1 Å². The quantitative estimate of drug-likeness (QED) is 0.874. The molecular formula is C10H11F3O3. The number of benzene rings is 1. The summed E-state index contributed by atoms with van der Waals surface area (Å²) in [4.78, 5) is 0. The van der Waals surface area contributed by atoms with Crippen molar-refractivity contribution in [2.45, 2.75) is 12.8 Å². The maximum absolute atomic E-state index is 12.8. The molecule has 1 rings (SSSR count). The minimum Gasteiger partial charge on any atom is -0.493 e. The Labute approximate surface area is 90.4 Å². The van der Waals surface area contributed by atoms with Crippen molar-refractivity contribution in [1.82, 2.24) is 0 Å². The van der Waals surface area contributed by atoms with Crippen LogP contribution in [0.5, 0.6) is 11.5 Å². The van der Waals surface area contributed by atoms with E-state index in [0.29, 0.717) is 0 Å². The van der Waals surface area contributed by atoms with Crippen molar-refractivity contribution < 1.29 is 27.8 Å². The summed E-state index contributed by atoms with van der Waals surface area (Å²) in [6.07, 6.45) is -4.60. The van der Waals surface area contributed by atoms with E-state index in [1.54, 1.807) is 0 Å². The van der Waals surface area contributed by atoms with Gasteiger partial charge in [-0.05, 0) is 11.6 Å². The Balaban J connectivity index is 3.49. The lowest BCUT2D eigenvalue weighted by molar-refractivity contribution is -0.140. The molecule has 16 heavy (non-hydrogen) atoms. The van der Waals surface area contributed by atoms with Crippen LogP contribution in [-0.2, 0) is 12.8 Å². The smallest absolute Gasteiger partial charge is 0.420 e. The Hall–Kier alpha value is -1.43. The van der Waals surface area contributed by atoms with E-state index < -0.39 is 24.1 Å². The van der Waals surface area contributed by atoms with E-state index in [9.17, 15) is 13.2 Å². The molecule has 0 aliphatic carbocycles. The molecular weight excluding hydrogens is 225 g/mol. The van der Waals surface area contributed by atoms with Crippen molar-refractivity contribution >= 4 is 0 Å². The number of rotatable bonds is 3. The fourth-order valence-corrected chi connectivity index (χ4v) is 1.41. The summed E-state index contributed by atoms with van der Waals surface area (Å²) in [6.45, 7) is -0.713. The zero-order valence-electron chi connectivity index (χ0n) is 8.76. The molecule has 0 amide bonds. The lowest BCUT2D eigenvalue weighted by Crippen LogP contribution is -2.12. The first kappa shape index (κ1) is 12.6. The van der Waals surface area contributed by atoms with Crippen LogP contribution in [0.4, 0.5) is 13.2 Å². The van der Waals surface area contributed by atoms with Gasteiger partial charge >= 0.3 is 6.18 Å². The van der Waals surface area contributed by atoms with Crippen LogP contribution < -0.4 is 9.47 Å². The molecule has 0 atom stereocenters. The maximum Gasteiger partial charge on any atom is 0.420 e. The Morgan fingerprint density at radius 3 is 2.19 bits per heavy atom. The lowest BCUT2D eigenvalue weighted by atomic mass is 10.1. The van der Waals surface area contributed by atoms with Gasteiger partial charge in [0.2, 0.25) is 0 Å². The van der Waals surface area contributed by atoms with Crippen molar-refractivity contribution in [3.05, 3.63) is 23.3 Å². The summed E-state index contributed by atoms with van der Waals surface area (Å²) in [5.74, 6) is -0.437. The highest BCUT2D eigenvalue weighted by Gasteiger charge is 2.38. The molecule has 6 heteroatoms. The molecule has 0 heterocycles. The summed E-state index contributed by atoms with van der Waals surface area (Å²) >= 11 is 0. The molecule has 0 saturated carbocycles. The second-order valence-electron chi connectivity index (χ2n) is 2.99. The summed E-state index contributed by atoms with van der Waals surface area (Å²) in [5, 5.41) is 8.87.